The maximum absolute atomic E-state index is 13.4. The molecule has 27 heavy (non-hydrogen) atoms. The van der Waals surface area contributed by atoms with E-state index in [0.29, 0.717) is 0 Å². The summed E-state index contributed by atoms with van der Waals surface area (Å²) < 4.78 is 15.5. The van der Waals surface area contributed by atoms with E-state index < -0.39 is 0 Å². The van der Waals surface area contributed by atoms with Crippen LogP contribution in [0.15, 0.2) is 78.9 Å². The summed E-state index contributed by atoms with van der Waals surface area (Å²) in [6.07, 6.45) is 2.18. The fourth-order valence-electron chi connectivity index (χ4n) is 3.58. The highest BCUT2D eigenvalue weighted by molar-refractivity contribution is 5.88. The van der Waals surface area contributed by atoms with Crippen molar-refractivity contribution in [2.45, 2.75) is 13.0 Å². The summed E-state index contributed by atoms with van der Waals surface area (Å²) >= 11 is 0. The Balaban J connectivity index is 1.71. The molecule has 4 aromatic rings. The molecule has 1 aliphatic rings. The van der Waals surface area contributed by atoms with Crippen molar-refractivity contribution in [2.75, 3.05) is 5.32 Å². The molecule has 0 amide bonds. The number of imidazole rings is 1. The Hall–Kier alpha value is -3.40. The molecule has 3 aromatic carbocycles. The van der Waals surface area contributed by atoms with E-state index in [2.05, 4.69) is 53.2 Å². The van der Waals surface area contributed by atoms with Crippen molar-refractivity contribution in [3.8, 4) is 0 Å². The molecule has 1 N–H and O–H groups in total. The van der Waals surface area contributed by atoms with E-state index in [9.17, 15) is 4.39 Å². The van der Waals surface area contributed by atoms with Crippen LogP contribution in [0.25, 0.3) is 16.7 Å². The van der Waals surface area contributed by atoms with Crippen molar-refractivity contribution in [3.05, 3.63) is 101 Å². The van der Waals surface area contributed by atoms with Crippen molar-refractivity contribution in [2.24, 2.45) is 0 Å². The largest absolute Gasteiger partial charge is 0.345 e. The number of aromatic nitrogens is 2. The molecule has 0 spiro atoms. The molecule has 0 saturated heterocycles. The van der Waals surface area contributed by atoms with Crippen LogP contribution in [0.1, 0.15) is 22.7 Å². The van der Waals surface area contributed by atoms with Crippen LogP contribution in [0.5, 0.6) is 0 Å². The van der Waals surface area contributed by atoms with Gasteiger partial charge in [0.2, 0.25) is 5.95 Å². The fourth-order valence-corrected chi connectivity index (χ4v) is 3.58. The minimum Gasteiger partial charge on any atom is -0.345 e. The van der Waals surface area contributed by atoms with Crippen LogP contribution >= 0.6 is 0 Å². The fraction of sp³-hybridized carbons (Fsp3) is 0.0870. The van der Waals surface area contributed by atoms with E-state index in [4.69, 9.17) is 4.98 Å². The normalized spacial score (nSPS) is 15.9. The van der Waals surface area contributed by atoms with Gasteiger partial charge in [0.15, 0.2) is 0 Å². The van der Waals surface area contributed by atoms with Crippen molar-refractivity contribution in [1.29, 1.82) is 0 Å². The van der Waals surface area contributed by atoms with Gasteiger partial charge in [0.05, 0.1) is 22.8 Å². The van der Waals surface area contributed by atoms with E-state index in [0.717, 1.165) is 33.8 Å². The lowest BCUT2D eigenvalue weighted by atomic mass is 10.0. The van der Waals surface area contributed by atoms with E-state index in [-0.39, 0.29) is 11.9 Å². The van der Waals surface area contributed by atoms with Gasteiger partial charge in [-0.05, 0) is 48.4 Å². The Morgan fingerprint density at radius 2 is 1.67 bits per heavy atom. The van der Waals surface area contributed by atoms with Gasteiger partial charge in [-0.15, -0.1) is 0 Å². The van der Waals surface area contributed by atoms with Gasteiger partial charge in [-0.3, -0.25) is 4.57 Å². The molecule has 1 atom stereocenters. The molecule has 0 bridgehead atoms. The number of benzene rings is 3. The number of fused-ring (bicyclic) bond motifs is 3. The van der Waals surface area contributed by atoms with Gasteiger partial charge < -0.3 is 5.32 Å². The molecular weight excluding hydrogens is 337 g/mol. The van der Waals surface area contributed by atoms with E-state index in [1.54, 1.807) is 0 Å². The second-order valence-corrected chi connectivity index (χ2v) is 6.85. The molecule has 0 radical (unpaired) electrons. The molecule has 0 aliphatic carbocycles. The Labute approximate surface area is 156 Å². The van der Waals surface area contributed by atoms with Crippen LogP contribution in [-0.4, -0.2) is 9.55 Å². The first kappa shape index (κ1) is 15.8. The summed E-state index contributed by atoms with van der Waals surface area (Å²) in [5, 5.41) is 3.49. The number of nitrogens with one attached hydrogen (secondary N) is 1. The van der Waals surface area contributed by atoms with Gasteiger partial charge in [0.25, 0.3) is 0 Å². The van der Waals surface area contributed by atoms with Crippen LogP contribution < -0.4 is 5.32 Å². The smallest absolute Gasteiger partial charge is 0.209 e. The summed E-state index contributed by atoms with van der Waals surface area (Å²) in [6.45, 7) is 2.08. The first-order valence-electron chi connectivity index (χ1n) is 8.98. The molecule has 0 saturated carbocycles. The highest BCUT2D eigenvalue weighted by atomic mass is 19.1. The molecule has 5 rings (SSSR count). The standard InChI is InChI=1S/C23H18FN3/c1-15-6-8-17(9-7-15)22-14-20(16-10-12-18(24)13-11-16)26-23-25-19-4-2-3-5-21(19)27(22)23/h2-14,20H,1H3,(H,25,26). The van der Waals surface area contributed by atoms with Gasteiger partial charge in [0.1, 0.15) is 5.82 Å². The summed E-state index contributed by atoms with van der Waals surface area (Å²) in [6, 6.07) is 23.1. The molecule has 2 heterocycles. The molecule has 4 heteroatoms. The average Bonchev–Trinajstić information content (AvgIpc) is 3.07. The molecular formula is C23H18FN3. The average molecular weight is 355 g/mol. The number of anilines is 1. The van der Waals surface area contributed by atoms with Crippen LogP contribution in [0, 0.1) is 12.7 Å². The maximum atomic E-state index is 13.4. The second kappa shape index (κ2) is 6.09. The minimum absolute atomic E-state index is 0.0776. The van der Waals surface area contributed by atoms with Crippen molar-refractivity contribution in [1.82, 2.24) is 9.55 Å². The number of aryl methyl sites for hydroxylation is 1. The zero-order valence-corrected chi connectivity index (χ0v) is 14.9. The number of halogens is 1. The molecule has 3 nitrogen and oxygen atoms in total. The lowest BCUT2D eigenvalue weighted by Crippen LogP contribution is -2.19. The van der Waals surface area contributed by atoms with Crippen molar-refractivity contribution in [3.63, 3.8) is 0 Å². The van der Waals surface area contributed by atoms with Gasteiger partial charge in [-0.2, -0.15) is 0 Å². The van der Waals surface area contributed by atoms with E-state index in [1.165, 1.54) is 17.7 Å². The van der Waals surface area contributed by atoms with Crippen LogP contribution in [0.3, 0.4) is 0 Å². The van der Waals surface area contributed by atoms with Gasteiger partial charge in [-0.25, -0.2) is 9.37 Å². The Morgan fingerprint density at radius 3 is 2.44 bits per heavy atom. The topological polar surface area (TPSA) is 29.9 Å². The van der Waals surface area contributed by atoms with Crippen LogP contribution in [0.2, 0.25) is 0 Å². The van der Waals surface area contributed by atoms with Gasteiger partial charge >= 0.3 is 0 Å². The molecule has 0 fully saturated rings. The summed E-state index contributed by atoms with van der Waals surface area (Å²) in [5.41, 5.74) is 6.42. The van der Waals surface area contributed by atoms with Crippen LogP contribution in [0.4, 0.5) is 10.3 Å². The van der Waals surface area contributed by atoms with E-state index >= 15 is 0 Å². The number of hydrogen-bond acceptors (Lipinski definition) is 2. The summed E-state index contributed by atoms with van der Waals surface area (Å²) in [4.78, 5) is 4.78. The number of para-hydroxylation sites is 2. The predicted octanol–water partition coefficient (Wildman–Crippen LogP) is 5.54. The summed E-state index contributed by atoms with van der Waals surface area (Å²) in [5.74, 6) is 0.563. The van der Waals surface area contributed by atoms with Crippen molar-refractivity contribution < 1.29 is 4.39 Å². The van der Waals surface area contributed by atoms with Crippen LogP contribution in [-0.2, 0) is 0 Å². The van der Waals surface area contributed by atoms with Gasteiger partial charge in [-0.1, -0.05) is 54.1 Å². The molecule has 132 valence electrons. The number of hydrogen-bond donors (Lipinski definition) is 1. The third kappa shape index (κ3) is 2.70. The second-order valence-electron chi connectivity index (χ2n) is 6.85. The third-order valence-electron chi connectivity index (χ3n) is 4.99. The van der Waals surface area contributed by atoms with E-state index in [1.807, 2.05) is 30.3 Å². The minimum atomic E-state index is -0.232. The SMILES string of the molecule is Cc1ccc(C2=CC(c3ccc(F)cc3)Nc3nc4ccccc4n32)cc1. The third-order valence-corrected chi connectivity index (χ3v) is 4.99. The highest BCUT2D eigenvalue weighted by Crippen LogP contribution is 2.36. The molecule has 1 unspecified atom stereocenters. The lowest BCUT2D eigenvalue weighted by molar-refractivity contribution is 0.626. The van der Waals surface area contributed by atoms with Crippen molar-refractivity contribution >= 4 is 22.7 Å². The zero-order valence-electron chi connectivity index (χ0n) is 14.9. The first-order chi connectivity index (χ1) is 13.2. The Bertz CT molecular complexity index is 1150. The first-order valence-corrected chi connectivity index (χ1v) is 8.98. The lowest BCUT2D eigenvalue weighted by Gasteiger charge is -2.26. The quantitative estimate of drug-likeness (QED) is 0.512. The number of nitrogens with zero attached hydrogens (tertiary/aromatic N) is 2. The number of rotatable bonds is 2. The van der Waals surface area contributed by atoms with Gasteiger partial charge in [0, 0.05) is 0 Å². The monoisotopic (exact) mass is 355 g/mol. The molecule has 1 aromatic heterocycles. The molecule has 1 aliphatic heterocycles. The summed E-state index contributed by atoms with van der Waals surface area (Å²) in [7, 11) is 0. The maximum Gasteiger partial charge on any atom is 0.209 e. The zero-order chi connectivity index (χ0) is 18.4. The Morgan fingerprint density at radius 1 is 0.926 bits per heavy atom. The highest BCUT2D eigenvalue weighted by Gasteiger charge is 2.24. The predicted molar refractivity (Wildman–Crippen MR) is 107 cm³/mol. The Kier molecular flexibility index (Phi) is 3.57.